The lowest BCUT2D eigenvalue weighted by Crippen LogP contribution is -2.42. The second-order valence-corrected chi connectivity index (χ2v) is 6.52. The maximum atomic E-state index is 13.9. The number of rotatable bonds is 2. The summed E-state index contributed by atoms with van der Waals surface area (Å²) in [6.07, 6.45) is 1.04. The lowest BCUT2D eigenvalue weighted by atomic mass is 10.1. The Balaban J connectivity index is 2.18. The fourth-order valence-electron chi connectivity index (χ4n) is 1.99. The maximum Gasteiger partial charge on any atom is 0.256 e. The van der Waals surface area contributed by atoms with E-state index >= 15 is 0 Å². The molecule has 1 aliphatic heterocycles. The summed E-state index contributed by atoms with van der Waals surface area (Å²) in [6.45, 7) is 3.53. The topological polar surface area (TPSA) is 20.3 Å². The molecule has 1 unspecified atom stereocenters. The van der Waals surface area contributed by atoms with Gasteiger partial charge in [-0.05, 0) is 34.5 Å². The van der Waals surface area contributed by atoms with Crippen LogP contribution < -0.4 is 0 Å². The van der Waals surface area contributed by atoms with Crippen LogP contribution in [-0.2, 0) is 0 Å². The van der Waals surface area contributed by atoms with Crippen LogP contribution in [0.3, 0.4) is 0 Å². The molecule has 1 aromatic rings. The highest BCUT2D eigenvalue weighted by atomic mass is 79.9. The standard InChI is InChI=1S/C13H15BrFNOS/c1-2-9-8-16(6-7-18-9)13(17)10-4-3-5-11(14)12(10)15/h3-5,9H,2,6-8H2,1H3. The first kappa shape index (κ1) is 13.9. The minimum Gasteiger partial charge on any atom is -0.337 e. The van der Waals surface area contributed by atoms with Gasteiger partial charge in [-0.2, -0.15) is 11.8 Å². The van der Waals surface area contributed by atoms with Crippen molar-refractivity contribution in [3.63, 3.8) is 0 Å². The lowest BCUT2D eigenvalue weighted by molar-refractivity contribution is 0.0756. The molecule has 1 saturated heterocycles. The van der Waals surface area contributed by atoms with Crippen molar-refractivity contribution >= 4 is 33.6 Å². The third-order valence-corrected chi connectivity index (χ3v) is 5.05. The van der Waals surface area contributed by atoms with Crippen LogP contribution in [0.15, 0.2) is 22.7 Å². The van der Waals surface area contributed by atoms with Gasteiger partial charge in [0.25, 0.3) is 5.91 Å². The summed E-state index contributed by atoms with van der Waals surface area (Å²) in [5, 5.41) is 0.470. The van der Waals surface area contributed by atoms with Crippen LogP contribution in [-0.4, -0.2) is 34.9 Å². The van der Waals surface area contributed by atoms with Gasteiger partial charge in [0, 0.05) is 24.1 Å². The minimum atomic E-state index is -0.464. The second kappa shape index (κ2) is 6.06. The molecule has 0 aromatic heterocycles. The normalized spacial score (nSPS) is 19.9. The first-order valence-corrected chi connectivity index (χ1v) is 7.82. The number of thioether (sulfide) groups is 1. The first-order chi connectivity index (χ1) is 8.63. The molecule has 1 amide bonds. The van der Waals surface area contributed by atoms with Gasteiger partial charge in [-0.3, -0.25) is 4.79 Å². The molecule has 1 fully saturated rings. The van der Waals surface area contributed by atoms with E-state index in [0.29, 0.717) is 22.8 Å². The molecular formula is C13H15BrFNOS. The quantitative estimate of drug-likeness (QED) is 0.825. The van der Waals surface area contributed by atoms with E-state index in [2.05, 4.69) is 22.9 Å². The number of carbonyl (C=O) groups excluding carboxylic acids is 1. The lowest BCUT2D eigenvalue weighted by Gasteiger charge is -2.32. The molecule has 0 saturated carbocycles. The van der Waals surface area contributed by atoms with Crippen molar-refractivity contribution in [2.45, 2.75) is 18.6 Å². The van der Waals surface area contributed by atoms with Gasteiger partial charge < -0.3 is 4.90 Å². The third-order valence-electron chi connectivity index (χ3n) is 3.06. The summed E-state index contributed by atoms with van der Waals surface area (Å²) in [6, 6.07) is 4.84. The molecule has 2 rings (SSSR count). The number of halogens is 2. The summed E-state index contributed by atoms with van der Waals surface area (Å²) in [7, 11) is 0. The molecule has 0 bridgehead atoms. The van der Waals surface area contributed by atoms with Gasteiger partial charge in [0.2, 0.25) is 0 Å². The Bertz CT molecular complexity index is 455. The van der Waals surface area contributed by atoms with Gasteiger partial charge in [0.05, 0.1) is 10.0 Å². The summed E-state index contributed by atoms with van der Waals surface area (Å²) in [5.41, 5.74) is 0.158. The largest absolute Gasteiger partial charge is 0.337 e. The molecule has 0 aliphatic carbocycles. The molecule has 0 radical (unpaired) electrons. The number of hydrogen-bond acceptors (Lipinski definition) is 2. The highest BCUT2D eigenvalue weighted by molar-refractivity contribution is 9.10. The van der Waals surface area contributed by atoms with Crippen molar-refractivity contribution in [2.75, 3.05) is 18.8 Å². The van der Waals surface area contributed by atoms with Gasteiger partial charge in [-0.1, -0.05) is 13.0 Å². The molecule has 98 valence electrons. The Morgan fingerprint density at radius 2 is 2.39 bits per heavy atom. The Labute approximate surface area is 119 Å². The molecule has 0 N–H and O–H groups in total. The van der Waals surface area contributed by atoms with Crippen LogP contribution in [0.5, 0.6) is 0 Å². The van der Waals surface area contributed by atoms with Crippen LogP contribution in [0, 0.1) is 5.82 Å². The third kappa shape index (κ3) is 2.88. The zero-order valence-corrected chi connectivity index (χ0v) is 12.6. The van der Waals surface area contributed by atoms with Gasteiger partial charge in [-0.15, -0.1) is 0 Å². The fourth-order valence-corrected chi connectivity index (χ4v) is 3.54. The van der Waals surface area contributed by atoms with Crippen molar-refractivity contribution in [1.82, 2.24) is 4.90 Å². The first-order valence-electron chi connectivity index (χ1n) is 5.98. The Hall–Kier alpha value is -0.550. The summed E-state index contributed by atoms with van der Waals surface area (Å²) >= 11 is 5.00. The molecule has 18 heavy (non-hydrogen) atoms. The van der Waals surface area contributed by atoms with E-state index < -0.39 is 5.82 Å². The van der Waals surface area contributed by atoms with E-state index in [0.717, 1.165) is 12.2 Å². The average Bonchev–Trinajstić information content (AvgIpc) is 2.41. The number of benzene rings is 1. The smallest absolute Gasteiger partial charge is 0.256 e. The van der Waals surface area contributed by atoms with E-state index in [1.807, 2.05) is 11.8 Å². The van der Waals surface area contributed by atoms with Crippen molar-refractivity contribution < 1.29 is 9.18 Å². The molecule has 1 heterocycles. The molecular weight excluding hydrogens is 317 g/mol. The maximum absolute atomic E-state index is 13.9. The Kier molecular flexibility index (Phi) is 4.67. The number of carbonyl (C=O) groups is 1. The Morgan fingerprint density at radius 1 is 1.61 bits per heavy atom. The van der Waals surface area contributed by atoms with Crippen LogP contribution in [0.4, 0.5) is 4.39 Å². The number of nitrogens with zero attached hydrogens (tertiary/aromatic N) is 1. The molecule has 2 nitrogen and oxygen atoms in total. The minimum absolute atomic E-state index is 0.158. The van der Waals surface area contributed by atoms with Crippen LogP contribution in [0.1, 0.15) is 23.7 Å². The molecule has 1 atom stereocenters. The van der Waals surface area contributed by atoms with Gasteiger partial charge in [0.1, 0.15) is 5.82 Å². The van der Waals surface area contributed by atoms with E-state index in [1.165, 1.54) is 0 Å². The zero-order chi connectivity index (χ0) is 13.1. The van der Waals surface area contributed by atoms with Gasteiger partial charge in [-0.25, -0.2) is 4.39 Å². The predicted octanol–water partition coefficient (Wildman–Crippen LogP) is 3.56. The van der Waals surface area contributed by atoms with E-state index in [4.69, 9.17) is 0 Å². The molecule has 5 heteroatoms. The number of amides is 1. The van der Waals surface area contributed by atoms with Crippen molar-refractivity contribution in [3.05, 3.63) is 34.1 Å². The van der Waals surface area contributed by atoms with Crippen molar-refractivity contribution in [2.24, 2.45) is 0 Å². The van der Waals surface area contributed by atoms with E-state index in [9.17, 15) is 9.18 Å². The summed E-state index contributed by atoms with van der Waals surface area (Å²) < 4.78 is 14.2. The van der Waals surface area contributed by atoms with Crippen molar-refractivity contribution in [1.29, 1.82) is 0 Å². The van der Waals surface area contributed by atoms with Crippen LogP contribution in [0.2, 0.25) is 0 Å². The summed E-state index contributed by atoms with van der Waals surface area (Å²) in [4.78, 5) is 14.0. The predicted molar refractivity (Wildman–Crippen MR) is 76.5 cm³/mol. The zero-order valence-electron chi connectivity index (χ0n) is 10.2. The number of hydrogen-bond donors (Lipinski definition) is 0. The van der Waals surface area contributed by atoms with Gasteiger partial charge in [0.15, 0.2) is 0 Å². The van der Waals surface area contributed by atoms with E-state index in [1.54, 1.807) is 23.1 Å². The van der Waals surface area contributed by atoms with Gasteiger partial charge >= 0.3 is 0 Å². The highest BCUT2D eigenvalue weighted by Gasteiger charge is 2.25. The van der Waals surface area contributed by atoms with Crippen molar-refractivity contribution in [3.8, 4) is 0 Å². The monoisotopic (exact) mass is 331 g/mol. The second-order valence-electron chi connectivity index (χ2n) is 4.25. The fraction of sp³-hybridized carbons (Fsp3) is 0.462. The highest BCUT2D eigenvalue weighted by Crippen LogP contribution is 2.24. The Morgan fingerprint density at radius 3 is 3.11 bits per heavy atom. The van der Waals surface area contributed by atoms with E-state index in [-0.39, 0.29) is 11.5 Å². The summed E-state index contributed by atoms with van der Waals surface area (Å²) in [5.74, 6) is 0.265. The SMILES string of the molecule is CCC1CN(C(=O)c2cccc(Br)c2F)CCS1. The molecule has 0 spiro atoms. The van der Waals surface area contributed by atoms with Crippen LogP contribution >= 0.6 is 27.7 Å². The average molecular weight is 332 g/mol. The van der Waals surface area contributed by atoms with Crippen LogP contribution in [0.25, 0.3) is 0 Å². The molecule has 1 aromatic carbocycles. The molecule has 1 aliphatic rings.